The quantitative estimate of drug-likeness (QED) is 0.630. The highest BCUT2D eigenvalue weighted by atomic mass is 16.5. The minimum absolute atomic E-state index is 0.0366. The van der Waals surface area contributed by atoms with Crippen LogP contribution in [0.2, 0.25) is 0 Å². The number of rotatable bonds is 9. The van der Waals surface area contributed by atoms with Crippen LogP contribution in [0.5, 0.6) is 5.75 Å². The molecule has 0 radical (unpaired) electrons. The normalized spacial score (nSPS) is 13.1. The number of ether oxygens (including phenoxy) is 1. The molecule has 0 aliphatic heterocycles. The SMILES string of the molecule is NCc1ccc(C(=O)NCCc2ccc(OCC(=O)NC3CC3)cc2)cc1. The maximum absolute atomic E-state index is 12.1. The summed E-state index contributed by atoms with van der Waals surface area (Å²) >= 11 is 0. The lowest BCUT2D eigenvalue weighted by atomic mass is 10.1. The summed E-state index contributed by atoms with van der Waals surface area (Å²) < 4.78 is 5.48. The molecule has 1 saturated carbocycles. The van der Waals surface area contributed by atoms with Gasteiger partial charge in [0.2, 0.25) is 0 Å². The summed E-state index contributed by atoms with van der Waals surface area (Å²) in [6.07, 6.45) is 2.85. The standard InChI is InChI=1S/C21H25N3O3/c22-13-16-1-5-17(6-2-16)21(26)23-12-11-15-3-9-19(10-4-15)27-14-20(25)24-18-7-8-18/h1-6,9-10,18H,7-8,11-14,22H2,(H,23,26)(H,24,25). The second kappa shape index (κ2) is 9.19. The van der Waals surface area contributed by atoms with Gasteiger partial charge in [0.05, 0.1) is 0 Å². The molecule has 2 aromatic carbocycles. The summed E-state index contributed by atoms with van der Waals surface area (Å²) in [6, 6.07) is 15.2. The first kappa shape index (κ1) is 18.9. The van der Waals surface area contributed by atoms with E-state index in [0.717, 1.165) is 30.4 Å². The van der Waals surface area contributed by atoms with Gasteiger partial charge in [-0.15, -0.1) is 0 Å². The highest BCUT2D eigenvalue weighted by molar-refractivity contribution is 5.94. The van der Waals surface area contributed by atoms with Crippen molar-refractivity contribution in [2.75, 3.05) is 13.2 Å². The lowest BCUT2D eigenvalue weighted by Crippen LogP contribution is -2.30. The summed E-state index contributed by atoms with van der Waals surface area (Å²) in [7, 11) is 0. The zero-order chi connectivity index (χ0) is 19.1. The van der Waals surface area contributed by atoms with Gasteiger partial charge in [0.15, 0.2) is 6.61 Å². The molecule has 2 amide bonds. The van der Waals surface area contributed by atoms with Gasteiger partial charge in [0.1, 0.15) is 5.75 Å². The summed E-state index contributed by atoms with van der Waals surface area (Å²) in [4.78, 5) is 23.7. The topological polar surface area (TPSA) is 93.5 Å². The van der Waals surface area contributed by atoms with Crippen LogP contribution in [0.1, 0.15) is 34.3 Å². The molecule has 6 heteroatoms. The smallest absolute Gasteiger partial charge is 0.258 e. The van der Waals surface area contributed by atoms with Crippen molar-refractivity contribution in [1.82, 2.24) is 10.6 Å². The largest absolute Gasteiger partial charge is 0.484 e. The molecule has 142 valence electrons. The van der Waals surface area contributed by atoms with Gasteiger partial charge in [-0.1, -0.05) is 24.3 Å². The Kier molecular flexibility index (Phi) is 6.44. The molecule has 0 saturated heterocycles. The van der Waals surface area contributed by atoms with Gasteiger partial charge in [-0.05, 0) is 54.7 Å². The average Bonchev–Trinajstić information content (AvgIpc) is 3.51. The van der Waals surface area contributed by atoms with Crippen LogP contribution in [-0.4, -0.2) is 31.0 Å². The number of carbonyl (C=O) groups is 2. The van der Waals surface area contributed by atoms with Crippen LogP contribution in [-0.2, 0) is 17.8 Å². The second-order valence-electron chi connectivity index (χ2n) is 6.68. The Hall–Kier alpha value is -2.86. The second-order valence-corrected chi connectivity index (χ2v) is 6.68. The monoisotopic (exact) mass is 367 g/mol. The molecule has 0 aromatic heterocycles. The predicted octanol–water partition coefficient (Wildman–Crippen LogP) is 1.78. The minimum atomic E-state index is -0.0970. The first-order chi connectivity index (χ1) is 13.1. The van der Waals surface area contributed by atoms with E-state index in [9.17, 15) is 9.59 Å². The number of hydrogen-bond donors (Lipinski definition) is 3. The van der Waals surface area contributed by atoms with E-state index in [2.05, 4.69) is 10.6 Å². The van der Waals surface area contributed by atoms with Crippen LogP contribution in [0.15, 0.2) is 48.5 Å². The number of hydrogen-bond acceptors (Lipinski definition) is 4. The van der Waals surface area contributed by atoms with Gasteiger partial charge >= 0.3 is 0 Å². The highest BCUT2D eigenvalue weighted by Crippen LogP contribution is 2.18. The van der Waals surface area contributed by atoms with Gasteiger partial charge in [-0.2, -0.15) is 0 Å². The van der Waals surface area contributed by atoms with Crippen molar-refractivity contribution < 1.29 is 14.3 Å². The Labute approximate surface area is 159 Å². The van der Waals surface area contributed by atoms with E-state index in [0.29, 0.717) is 30.4 Å². The fourth-order valence-corrected chi connectivity index (χ4v) is 2.61. The van der Waals surface area contributed by atoms with Crippen LogP contribution >= 0.6 is 0 Å². The van der Waals surface area contributed by atoms with Gasteiger partial charge in [0.25, 0.3) is 11.8 Å². The third-order valence-electron chi connectivity index (χ3n) is 4.39. The molecule has 0 unspecified atom stereocenters. The van der Waals surface area contributed by atoms with Crippen LogP contribution in [0.3, 0.4) is 0 Å². The predicted molar refractivity (Wildman–Crippen MR) is 103 cm³/mol. The third-order valence-corrected chi connectivity index (χ3v) is 4.39. The molecule has 4 N–H and O–H groups in total. The maximum Gasteiger partial charge on any atom is 0.258 e. The molecule has 3 rings (SSSR count). The van der Waals surface area contributed by atoms with E-state index in [-0.39, 0.29) is 18.4 Å². The molecule has 0 atom stereocenters. The minimum Gasteiger partial charge on any atom is -0.484 e. The van der Waals surface area contributed by atoms with Gasteiger partial charge < -0.3 is 21.1 Å². The van der Waals surface area contributed by atoms with Crippen molar-refractivity contribution in [3.63, 3.8) is 0 Å². The van der Waals surface area contributed by atoms with Crippen LogP contribution < -0.4 is 21.1 Å². The summed E-state index contributed by atoms with van der Waals surface area (Å²) in [5.41, 5.74) is 8.27. The van der Waals surface area contributed by atoms with Crippen molar-refractivity contribution in [3.8, 4) is 5.75 Å². The summed E-state index contributed by atoms with van der Waals surface area (Å²) in [5.74, 6) is 0.484. The van der Waals surface area contributed by atoms with Gasteiger partial charge in [-0.3, -0.25) is 9.59 Å². The maximum atomic E-state index is 12.1. The van der Waals surface area contributed by atoms with Crippen molar-refractivity contribution in [2.45, 2.75) is 31.8 Å². The fraction of sp³-hybridized carbons (Fsp3) is 0.333. The van der Waals surface area contributed by atoms with Crippen LogP contribution in [0.4, 0.5) is 0 Å². The Bertz CT molecular complexity index is 768. The first-order valence-corrected chi connectivity index (χ1v) is 9.22. The Morgan fingerprint density at radius 3 is 2.30 bits per heavy atom. The van der Waals surface area contributed by atoms with Crippen molar-refractivity contribution in [2.24, 2.45) is 5.73 Å². The molecule has 0 bridgehead atoms. The number of nitrogens with one attached hydrogen (secondary N) is 2. The van der Waals surface area contributed by atoms with E-state index in [1.807, 2.05) is 36.4 Å². The number of benzene rings is 2. The molecule has 0 spiro atoms. The molecular weight excluding hydrogens is 342 g/mol. The van der Waals surface area contributed by atoms with Crippen LogP contribution in [0, 0.1) is 0 Å². The molecular formula is C21H25N3O3. The highest BCUT2D eigenvalue weighted by Gasteiger charge is 2.23. The molecule has 0 heterocycles. The van der Waals surface area contributed by atoms with Crippen molar-refractivity contribution in [3.05, 3.63) is 65.2 Å². The molecule has 2 aromatic rings. The fourth-order valence-electron chi connectivity index (χ4n) is 2.61. The van der Waals surface area contributed by atoms with Gasteiger partial charge in [-0.25, -0.2) is 0 Å². The Morgan fingerprint density at radius 2 is 1.67 bits per heavy atom. The first-order valence-electron chi connectivity index (χ1n) is 9.22. The third kappa shape index (κ3) is 6.11. The van der Waals surface area contributed by atoms with Crippen molar-refractivity contribution in [1.29, 1.82) is 0 Å². The van der Waals surface area contributed by atoms with E-state index < -0.39 is 0 Å². The lowest BCUT2D eigenvalue weighted by molar-refractivity contribution is -0.123. The average molecular weight is 367 g/mol. The van der Waals surface area contributed by atoms with E-state index in [4.69, 9.17) is 10.5 Å². The lowest BCUT2D eigenvalue weighted by Gasteiger charge is -2.08. The van der Waals surface area contributed by atoms with E-state index in [1.165, 1.54) is 0 Å². The summed E-state index contributed by atoms with van der Waals surface area (Å²) in [5, 5.41) is 5.79. The summed E-state index contributed by atoms with van der Waals surface area (Å²) in [6.45, 7) is 1.04. The van der Waals surface area contributed by atoms with Crippen molar-refractivity contribution >= 4 is 11.8 Å². The molecule has 6 nitrogen and oxygen atoms in total. The van der Waals surface area contributed by atoms with Crippen LogP contribution in [0.25, 0.3) is 0 Å². The zero-order valence-corrected chi connectivity index (χ0v) is 15.2. The number of carbonyl (C=O) groups excluding carboxylic acids is 2. The molecule has 1 fully saturated rings. The van der Waals surface area contributed by atoms with Gasteiger partial charge in [0, 0.05) is 24.7 Å². The molecule has 1 aliphatic carbocycles. The van der Waals surface area contributed by atoms with E-state index in [1.54, 1.807) is 12.1 Å². The number of amides is 2. The molecule has 1 aliphatic rings. The van der Waals surface area contributed by atoms with E-state index >= 15 is 0 Å². The number of nitrogens with two attached hydrogens (primary N) is 1. The Morgan fingerprint density at radius 1 is 1.00 bits per heavy atom. The Balaban J connectivity index is 1.38. The zero-order valence-electron chi connectivity index (χ0n) is 15.2. The molecule has 27 heavy (non-hydrogen) atoms.